The van der Waals surface area contributed by atoms with Crippen molar-refractivity contribution >= 4 is 28.1 Å². The number of amides is 1. The van der Waals surface area contributed by atoms with Gasteiger partial charge in [-0.1, -0.05) is 12.1 Å². The summed E-state index contributed by atoms with van der Waals surface area (Å²) in [6.45, 7) is 8.83. The minimum absolute atomic E-state index is 0.0540. The molecule has 18 heteroatoms. The van der Waals surface area contributed by atoms with Crippen LogP contribution in [-0.2, 0) is 42.7 Å². The lowest BCUT2D eigenvalue weighted by Crippen LogP contribution is -2.35. The molecule has 0 radical (unpaired) electrons. The summed E-state index contributed by atoms with van der Waals surface area (Å²) in [5, 5.41) is 8.56. The summed E-state index contributed by atoms with van der Waals surface area (Å²) in [4.78, 5) is 25.7. The van der Waals surface area contributed by atoms with E-state index in [1.54, 1.807) is 11.6 Å². The molecule has 0 aliphatic heterocycles. The van der Waals surface area contributed by atoms with Gasteiger partial charge in [0.15, 0.2) is 5.82 Å². The molecule has 1 fully saturated rings. The first kappa shape index (κ1) is 44.1. The summed E-state index contributed by atoms with van der Waals surface area (Å²) in [7, 11) is 1.65. The third kappa shape index (κ3) is 14.1. The van der Waals surface area contributed by atoms with Crippen molar-refractivity contribution in [3.8, 4) is 17.1 Å². The first-order valence-corrected chi connectivity index (χ1v) is 19.9. The molecule has 0 saturated heterocycles. The minimum atomic E-state index is -0.0601. The molecule has 3 heterocycles. The number of aromatic nitrogens is 5. The van der Waals surface area contributed by atoms with Gasteiger partial charge in [0.1, 0.15) is 29.1 Å². The smallest absolute Gasteiger partial charge is 0.223 e. The maximum Gasteiger partial charge on any atom is 0.223 e. The van der Waals surface area contributed by atoms with Crippen molar-refractivity contribution in [2.45, 2.75) is 31.6 Å². The van der Waals surface area contributed by atoms with Crippen molar-refractivity contribution in [1.82, 2.24) is 29.9 Å². The fourth-order valence-corrected chi connectivity index (χ4v) is 6.58. The van der Waals surface area contributed by atoms with Crippen LogP contribution in [0.2, 0.25) is 0 Å². The first-order valence-electron chi connectivity index (χ1n) is 19.9. The van der Waals surface area contributed by atoms with E-state index in [0.717, 1.165) is 53.9 Å². The number of aromatic amines is 1. The first-order chi connectivity index (χ1) is 28.1. The molecule has 6 N–H and O–H groups in total. The Labute approximate surface area is 333 Å². The number of nitrogen functional groups attached to an aromatic ring is 1. The highest BCUT2D eigenvalue weighted by Gasteiger charge is 2.31. The highest BCUT2D eigenvalue weighted by molar-refractivity contribution is 5.93. The number of ether oxygens (including phenoxy) is 9. The van der Waals surface area contributed by atoms with Gasteiger partial charge in [0.05, 0.1) is 124 Å². The molecule has 3 aromatic heterocycles. The lowest BCUT2D eigenvalue weighted by Gasteiger charge is -2.26. The number of carbonyl (C=O) groups excluding carboxylic acids is 1. The number of benzene rings is 1. The van der Waals surface area contributed by atoms with Crippen LogP contribution >= 0.6 is 0 Å². The largest absolute Gasteiger partial charge is 0.495 e. The van der Waals surface area contributed by atoms with Gasteiger partial charge in [0, 0.05) is 30.3 Å². The maximum atomic E-state index is 13.0. The Morgan fingerprint density at radius 2 is 1.33 bits per heavy atom. The Kier molecular flexibility index (Phi) is 19.7. The zero-order chi connectivity index (χ0) is 39.9. The van der Waals surface area contributed by atoms with E-state index in [-0.39, 0.29) is 17.7 Å². The standard InChI is InChI=1S/C39H60N8O10/c1-49-33-4-2-3-31-27-32(45-34(31)33)35-36-37(41)43-28-44-47(36)38(46-35)29-5-7-30(8-6-29)39(48)42-10-12-51-14-16-53-18-20-55-22-24-57-26-25-56-23-21-54-19-17-52-15-13-50-11-9-40/h2-4,27-30,45H,5-26,40H2,1H3,(H,42,48)(H2,41,43,44)/t29-,30-. The SMILES string of the molecule is COc1cccc2cc(-c3nc([C@H]4CC[C@H](C(=O)NCCOCCOCCOCCOCCOCCOCCOCCOCCN)CC4)n4ncnc(N)c34)[nH]c12. The van der Waals surface area contributed by atoms with Crippen LogP contribution in [0.4, 0.5) is 5.82 Å². The second kappa shape index (κ2) is 25.4. The van der Waals surface area contributed by atoms with Crippen molar-refractivity contribution in [1.29, 1.82) is 0 Å². The van der Waals surface area contributed by atoms with Gasteiger partial charge in [-0.2, -0.15) is 5.10 Å². The van der Waals surface area contributed by atoms with Crippen molar-refractivity contribution in [3.63, 3.8) is 0 Å². The summed E-state index contributed by atoms with van der Waals surface area (Å²) in [6.07, 6.45) is 4.58. The predicted octanol–water partition coefficient (Wildman–Crippen LogP) is 2.34. The predicted molar refractivity (Wildman–Crippen MR) is 212 cm³/mol. The molecule has 1 aliphatic rings. The van der Waals surface area contributed by atoms with Crippen molar-refractivity contribution < 1.29 is 47.4 Å². The molecular formula is C39H60N8O10. The topological polar surface area (TPSA) is 223 Å². The second-order valence-corrected chi connectivity index (χ2v) is 13.4. The van der Waals surface area contributed by atoms with E-state index in [0.29, 0.717) is 136 Å². The van der Waals surface area contributed by atoms with E-state index in [1.807, 2.05) is 24.3 Å². The van der Waals surface area contributed by atoms with Gasteiger partial charge in [0.2, 0.25) is 5.91 Å². The number of hydrogen-bond donors (Lipinski definition) is 4. The monoisotopic (exact) mass is 800 g/mol. The molecule has 1 aliphatic carbocycles. The Balaban J connectivity index is 0.848. The number of nitrogens with zero attached hydrogens (tertiary/aromatic N) is 4. The molecule has 5 rings (SSSR count). The average Bonchev–Trinajstić information content (AvgIpc) is 3.85. The Bertz CT molecular complexity index is 1730. The number of methoxy groups -OCH3 is 1. The van der Waals surface area contributed by atoms with Crippen LogP contribution in [-0.4, -0.2) is 156 Å². The van der Waals surface area contributed by atoms with Crippen LogP contribution in [0.25, 0.3) is 27.8 Å². The third-order valence-electron chi connectivity index (χ3n) is 9.45. The molecule has 0 unspecified atom stereocenters. The number of anilines is 1. The molecule has 1 amide bonds. The quantitative estimate of drug-likeness (QED) is 0.0556. The van der Waals surface area contributed by atoms with Gasteiger partial charge < -0.3 is 64.4 Å². The molecule has 18 nitrogen and oxygen atoms in total. The lowest BCUT2D eigenvalue weighted by molar-refractivity contribution is -0.126. The fourth-order valence-electron chi connectivity index (χ4n) is 6.58. The van der Waals surface area contributed by atoms with Gasteiger partial charge in [-0.05, 0) is 37.8 Å². The molecule has 1 aromatic carbocycles. The van der Waals surface area contributed by atoms with Gasteiger partial charge in [0.25, 0.3) is 0 Å². The van der Waals surface area contributed by atoms with Crippen LogP contribution < -0.4 is 21.5 Å². The number of hydrogen-bond acceptors (Lipinski definition) is 15. The highest BCUT2D eigenvalue weighted by Crippen LogP contribution is 2.39. The van der Waals surface area contributed by atoms with E-state index in [4.69, 9.17) is 59.1 Å². The lowest BCUT2D eigenvalue weighted by atomic mass is 9.81. The highest BCUT2D eigenvalue weighted by atomic mass is 16.6. The Hall–Kier alpha value is -3.98. The summed E-state index contributed by atoms with van der Waals surface area (Å²) >= 11 is 0. The number of nitrogens with two attached hydrogens (primary N) is 2. The van der Waals surface area contributed by atoms with E-state index in [2.05, 4.69) is 20.4 Å². The van der Waals surface area contributed by atoms with E-state index >= 15 is 0 Å². The number of carbonyl (C=O) groups is 1. The molecule has 1 saturated carbocycles. The summed E-state index contributed by atoms with van der Waals surface area (Å²) in [6, 6.07) is 7.92. The molecular weight excluding hydrogens is 740 g/mol. The number of imidazole rings is 1. The van der Waals surface area contributed by atoms with Crippen LogP contribution in [0.15, 0.2) is 30.6 Å². The van der Waals surface area contributed by atoms with Gasteiger partial charge in [-0.3, -0.25) is 4.79 Å². The third-order valence-corrected chi connectivity index (χ3v) is 9.45. The number of rotatable bonds is 30. The van der Waals surface area contributed by atoms with Gasteiger partial charge in [-0.15, -0.1) is 0 Å². The molecule has 57 heavy (non-hydrogen) atoms. The number of para-hydroxylation sites is 1. The number of fused-ring (bicyclic) bond motifs is 2. The van der Waals surface area contributed by atoms with E-state index < -0.39 is 0 Å². The molecule has 316 valence electrons. The van der Waals surface area contributed by atoms with Crippen LogP contribution in [0.5, 0.6) is 5.75 Å². The summed E-state index contributed by atoms with van der Waals surface area (Å²) in [5.41, 5.74) is 14.8. The van der Waals surface area contributed by atoms with Gasteiger partial charge >= 0.3 is 0 Å². The second-order valence-electron chi connectivity index (χ2n) is 13.4. The van der Waals surface area contributed by atoms with Crippen LogP contribution in [0, 0.1) is 5.92 Å². The summed E-state index contributed by atoms with van der Waals surface area (Å²) < 4.78 is 51.1. The van der Waals surface area contributed by atoms with Gasteiger partial charge in [-0.25, -0.2) is 14.5 Å². The fraction of sp³-hybridized carbons (Fsp3) is 0.641. The van der Waals surface area contributed by atoms with Crippen LogP contribution in [0.1, 0.15) is 37.4 Å². The zero-order valence-corrected chi connectivity index (χ0v) is 33.1. The number of nitrogens with one attached hydrogen (secondary N) is 2. The molecule has 0 bridgehead atoms. The Morgan fingerprint density at radius 3 is 1.88 bits per heavy atom. The molecule has 0 spiro atoms. The van der Waals surface area contributed by atoms with E-state index in [9.17, 15) is 4.79 Å². The maximum absolute atomic E-state index is 13.0. The minimum Gasteiger partial charge on any atom is -0.495 e. The zero-order valence-electron chi connectivity index (χ0n) is 33.1. The molecule has 4 aromatic rings. The average molecular weight is 801 g/mol. The summed E-state index contributed by atoms with van der Waals surface area (Å²) in [5.74, 6) is 2.05. The van der Waals surface area contributed by atoms with E-state index in [1.165, 1.54) is 6.33 Å². The van der Waals surface area contributed by atoms with Crippen molar-refractivity contribution in [2.24, 2.45) is 11.7 Å². The number of H-pyrrole nitrogens is 1. The normalized spacial score (nSPS) is 15.8. The van der Waals surface area contributed by atoms with Crippen LogP contribution in [0.3, 0.4) is 0 Å². The Morgan fingerprint density at radius 1 is 0.789 bits per heavy atom. The molecule has 0 atom stereocenters. The van der Waals surface area contributed by atoms with Crippen molar-refractivity contribution in [3.05, 3.63) is 36.4 Å². The van der Waals surface area contributed by atoms with Crippen molar-refractivity contribution in [2.75, 3.05) is 132 Å².